The summed E-state index contributed by atoms with van der Waals surface area (Å²) in [5, 5.41) is 14.1. The van der Waals surface area contributed by atoms with Gasteiger partial charge in [-0.3, -0.25) is 9.59 Å². The number of aliphatic hydroxyl groups is 1. The van der Waals surface area contributed by atoms with Crippen LogP contribution in [0.4, 0.5) is 0 Å². The van der Waals surface area contributed by atoms with Gasteiger partial charge in [0.1, 0.15) is 23.0 Å². The van der Waals surface area contributed by atoms with Crippen LogP contribution >= 0.6 is 12.4 Å². The van der Waals surface area contributed by atoms with E-state index in [0.29, 0.717) is 5.56 Å². The highest BCUT2D eigenvalue weighted by Gasteiger charge is 2.19. The zero-order valence-corrected chi connectivity index (χ0v) is 27.2. The minimum atomic E-state index is -1.02. The van der Waals surface area contributed by atoms with E-state index in [0.717, 1.165) is 0 Å². The first-order chi connectivity index (χ1) is 20.6. The second kappa shape index (κ2) is 16.2. The molecule has 0 saturated heterocycles. The molecule has 0 heterocycles. The van der Waals surface area contributed by atoms with E-state index in [-0.39, 0.29) is 70.5 Å². The van der Waals surface area contributed by atoms with Gasteiger partial charge in [0.05, 0.1) is 29.1 Å². The zero-order chi connectivity index (χ0) is 32.6. The molecule has 3 aromatic carbocycles. The van der Waals surface area contributed by atoms with Gasteiger partial charge in [0.25, 0.3) is 0 Å². The Morgan fingerprint density at radius 1 is 0.644 bits per heavy atom. The third kappa shape index (κ3) is 11.6. The van der Waals surface area contributed by atoms with Crippen LogP contribution in [0.25, 0.3) is 0 Å². The number of hydrogen-bond acceptors (Lipinski definition) is 10. The van der Waals surface area contributed by atoms with Crippen molar-refractivity contribution in [3.05, 3.63) is 83.4 Å². The summed E-state index contributed by atoms with van der Waals surface area (Å²) in [5.74, 6) is -2.18. The van der Waals surface area contributed by atoms with E-state index in [1.807, 2.05) is 20.8 Å². The van der Waals surface area contributed by atoms with Crippen molar-refractivity contribution >= 4 is 36.3 Å². The third-order valence-electron chi connectivity index (χ3n) is 6.09. The molecule has 0 aliphatic heterocycles. The van der Waals surface area contributed by atoms with Crippen molar-refractivity contribution in [2.75, 3.05) is 6.54 Å². The highest BCUT2D eigenvalue weighted by molar-refractivity contribution is 5.92. The minimum absolute atomic E-state index is 0. The Balaban J connectivity index is 0.00000705. The standard InChI is InChI=1S/C34H39NO9.ClH/c1-20(2)30(37)41-25-12-8-22(9-13-25)32(39)43-27-16-24(29(36)19-35-34(5,6)7)17-28(18-27)44-33(40)23-10-14-26(15-11-23)42-31(38)21(3)4;/h8-18,20-21,29,35-36H,19H2,1-7H3;1H. The number of carbonyl (C=O) groups excluding carboxylic acids is 4. The van der Waals surface area contributed by atoms with Crippen LogP contribution in [0.15, 0.2) is 66.7 Å². The number of benzene rings is 3. The number of β-amino-alcohol motifs (C(OH)–C–C–N with tert-alkyl or cyclic N) is 1. The number of aliphatic hydroxyl groups excluding tert-OH is 1. The molecule has 0 spiro atoms. The molecule has 10 nitrogen and oxygen atoms in total. The van der Waals surface area contributed by atoms with Gasteiger partial charge in [0, 0.05) is 18.2 Å². The number of hydrogen-bond donors (Lipinski definition) is 2. The van der Waals surface area contributed by atoms with Gasteiger partial charge in [0.15, 0.2) is 0 Å². The fourth-order valence-corrected chi connectivity index (χ4v) is 3.54. The van der Waals surface area contributed by atoms with E-state index in [2.05, 4.69) is 5.32 Å². The molecule has 0 aromatic heterocycles. The van der Waals surface area contributed by atoms with Gasteiger partial charge in [-0.15, -0.1) is 12.4 Å². The summed E-state index contributed by atoms with van der Waals surface area (Å²) in [4.78, 5) is 49.6. The Labute approximate surface area is 269 Å². The first kappa shape index (κ1) is 36.9. The molecule has 0 aliphatic rings. The smallest absolute Gasteiger partial charge is 0.343 e. The molecule has 0 bridgehead atoms. The van der Waals surface area contributed by atoms with Crippen LogP contribution in [-0.2, 0) is 9.59 Å². The van der Waals surface area contributed by atoms with Gasteiger partial charge in [-0.1, -0.05) is 27.7 Å². The Kier molecular flexibility index (Phi) is 13.3. The van der Waals surface area contributed by atoms with Gasteiger partial charge in [-0.05, 0) is 87.0 Å². The van der Waals surface area contributed by atoms with Gasteiger partial charge in [0.2, 0.25) is 0 Å². The molecular formula is C34H40ClNO9. The number of rotatable bonds is 11. The molecule has 2 N–H and O–H groups in total. The molecule has 0 aliphatic carbocycles. The molecule has 11 heteroatoms. The number of halogens is 1. The molecular weight excluding hydrogens is 602 g/mol. The Morgan fingerprint density at radius 2 is 1.02 bits per heavy atom. The van der Waals surface area contributed by atoms with E-state index < -0.39 is 30.0 Å². The summed E-state index contributed by atoms with van der Waals surface area (Å²) >= 11 is 0. The van der Waals surface area contributed by atoms with Crippen LogP contribution in [-0.4, -0.2) is 41.1 Å². The van der Waals surface area contributed by atoms with Crippen molar-refractivity contribution in [3.63, 3.8) is 0 Å². The normalized spacial score (nSPS) is 11.8. The summed E-state index contributed by atoms with van der Waals surface area (Å²) in [6.07, 6.45) is -1.02. The lowest BCUT2D eigenvalue weighted by molar-refractivity contribution is -0.138. The predicted octanol–water partition coefficient (Wildman–Crippen LogP) is 6.09. The Hall–Kier alpha value is -4.25. The highest BCUT2D eigenvalue weighted by Crippen LogP contribution is 2.29. The monoisotopic (exact) mass is 641 g/mol. The van der Waals surface area contributed by atoms with E-state index in [4.69, 9.17) is 18.9 Å². The average Bonchev–Trinajstić information content (AvgIpc) is 2.95. The molecule has 0 radical (unpaired) electrons. The van der Waals surface area contributed by atoms with Crippen molar-refractivity contribution < 1.29 is 43.2 Å². The maximum atomic E-state index is 13.0. The van der Waals surface area contributed by atoms with Crippen molar-refractivity contribution in [1.29, 1.82) is 0 Å². The van der Waals surface area contributed by atoms with Crippen molar-refractivity contribution in [3.8, 4) is 23.0 Å². The Morgan fingerprint density at radius 3 is 1.36 bits per heavy atom. The predicted molar refractivity (Wildman–Crippen MR) is 170 cm³/mol. The van der Waals surface area contributed by atoms with Crippen LogP contribution in [0.2, 0.25) is 0 Å². The Bertz CT molecular complexity index is 1380. The SMILES string of the molecule is CC(C)C(=O)Oc1ccc(C(=O)Oc2cc(OC(=O)c3ccc(OC(=O)C(C)C)cc3)cc(C(O)CNC(C)(C)C)c2)cc1.Cl. The van der Waals surface area contributed by atoms with Crippen LogP contribution in [0.5, 0.6) is 23.0 Å². The molecule has 3 rings (SSSR count). The van der Waals surface area contributed by atoms with E-state index in [1.54, 1.807) is 27.7 Å². The summed E-state index contributed by atoms with van der Waals surface area (Å²) < 4.78 is 21.6. The van der Waals surface area contributed by atoms with Gasteiger partial charge in [-0.25, -0.2) is 9.59 Å². The summed E-state index contributed by atoms with van der Waals surface area (Å²) in [6.45, 7) is 12.9. The largest absolute Gasteiger partial charge is 0.426 e. The highest BCUT2D eigenvalue weighted by atomic mass is 35.5. The molecule has 1 atom stereocenters. The third-order valence-corrected chi connectivity index (χ3v) is 6.09. The molecule has 0 saturated carbocycles. The van der Waals surface area contributed by atoms with E-state index in [9.17, 15) is 24.3 Å². The lowest BCUT2D eigenvalue weighted by atomic mass is 10.1. The number of esters is 4. The molecule has 3 aromatic rings. The van der Waals surface area contributed by atoms with Crippen LogP contribution in [0.1, 0.15) is 80.8 Å². The van der Waals surface area contributed by atoms with Crippen LogP contribution in [0, 0.1) is 11.8 Å². The second-order valence-electron chi connectivity index (χ2n) is 11.9. The molecule has 45 heavy (non-hydrogen) atoms. The average molecular weight is 642 g/mol. The van der Waals surface area contributed by atoms with Crippen molar-refractivity contribution in [2.24, 2.45) is 11.8 Å². The maximum Gasteiger partial charge on any atom is 0.343 e. The summed E-state index contributed by atoms with van der Waals surface area (Å²) in [7, 11) is 0. The number of ether oxygens (including phenoxy) is 4. The fourth-order valence-electron chi connectivity index (χ4n) is 3.54. The summed E-state index contributed by atoms with van der Waals surface area (Å²) in [5.41, 5.74) is 0.450. The van der Waals surface area contributed by atoms with Gasteiger partial charge >= 0.3 is 23.9 Å². The lowest BCUT2D eigenvalue weighted by Gasteiger charge is -2.23. The maximum absolute atomic E-state index is 13.0. The van der Waals surface area contributed by atoms with E-state index in [1.165, 1.54) is 66.7 Å². The minimum Gasteiger partial charge on any atom is -0.426 e. The van der Waals surface area contributed by atoms with Crippen LogP contribution in [0.3, 0.4) is 0 Å². The lowest BCUT2D eigenvalue weighted by Crippen LogP contribution is -2.38. The molecule has 1 unspecified atom stereocenters. The number of carbonyl (C=O) groups is 4. The van der Waals surface area contributed by atoms with Crippen LogP contribution < -0.4 is 24.3 Å². The fraction of sp³-hybridized carbons (Fsp3) is 0.353. The molecule has 0 fully saturated rings. The topological polar surface area (TPSA) is 137 Å². The van der Waals surface area contributed by atoms with Crippen molar-refractivity contribution in [1.82, 2.24) is 5.32 Å². The number of nitrogens with one attached hydrogen (secondary N) is 1. The molecule has 242 valence electrons. The zero-order valence-electron chi connectivity index (χ0n) is 26.4. The second-order valence-corrected chi connectivity index (χ2v) is 11.9. The van der Waals surface area contributed by atoms with Gasteiger partial charge < -0.3 is 29.4 Å². The first-order valence-electron chi connectivity index (χ1n) is 14.3. The first-order valence-corrected chi connectivity index (χ1v) is 14.3. The van der Waals surface area contributed by atoms with E-state index >= 15 is 0 Å². The quantitative estimate of drug-likeness (QED) is 0.187. The molecule has 0 amide bonds. The van der Waals surface area contributed by atoms with Gasteiger partial charge in [-0.2, -0.15) is 0 Å². The van der Waals surface area contributed by atoms with Crippen molar-refractivity contribution in [2.45, 2.75) is 60.1 Å². The summed E-state index contributed by atoms with van der Waals surface area (Å²) in [6, 6.07) is 16.1.